The topological polar surface area (TPSA) is 119 Å². The molecule has 1 heterocycles. The van der Waals surface area contributed by atoms with Crippen molar-refractivity contribution in [2.75, 3.05) is 23.5 Å². The zero-order chi connectivity index (χ0) is 14.0. The molecule has 104 valence electrons. The molecule has 0 radical (unpaired) electrons. The van der Waals surface area contributed by atoms with Crippen LogP contribution in [-0.4, -0.2) is 32.4 Å². The van der Waals surface area contributed by atoms with Gasteiger partial charge in [0.15, 0.2) is 0 Å². The average molecular weight is 284 g/mol. The third-order valence-electron chi connectivity index (χ3n) is 3.19. The molecule has 0 aromatic carbocycles. The summed E-state index contributed by atoms with van der Waals surface area (Å²) in [7, 11) is 0. The number of anilines is 2. The zero-order valence-corrected chi connectivity index (χ0v) is 11.6. The standard InChI is InChI=1S/C10H16N6O2S/c1-6-7(16(17)18)8(14-9(13-6)15-11)12-5-10(19-2)3-4-10/h3-5,11H2,1-2H3,(H2,12,13,14,15). The van der Waals surface area contributed by atoms with Crippen LogP contribution in [0, 0.1) is 17.0 Å². The SMILES string of the molecule is CSC1(CNc2nc(NN)nc(C)c2[N+](=O)[O-])CC1. The third kappa shape index (κ3) is 2.87. The fourth-order valence-electron chi connectivity index (χ4n) is 1.81. The van der Waals surface area contributed by atoms with Crippen LogP contribution in [0.5, 0.6) is 0 Å². The van der Waals surface area contributed by atoms with Gasteiger partial charge < -0.3 is 5.32 Å². The summed E-state index contributed by atoms with van der Waals surface area (Å²) in [4.78, 5) is 18.6. The van der Waals surface area contributed by atoms with Gasteiger partial charge in [-0.3, -0.25) is 15.5 Å². The highest BCUT2D eigenvalue weighted by molar-refractivity contribution is 8.00. The Balaban J connectivity index is 2.26. The number of nitrogens with zero attached hydrogens (tertiary/aromatic N) is 3. The van der Waals surface area contributed by atoms with Crippen molar-refractivity contribution >= 4 is 29.2 Å². The van der Waals surface area contributed by atoms with Crippen molar-refractivity contribution in [1.82, 2.24) is 9.97 Å². The molecule has 1 fully saturated rings. The summed E-state index contributed by atoms with van der Waals surface area (Å²) < 4.78 is 0.184. The van der Waals surface area contributed by atoms with Crippen molar-refractivity contribution < 1.29 is 4.92 Å². The van der Waals surface area contributed by atoms with E-state index in [0.717, 1.165) is 12.8 Å². The van der Waals surface area contributed by atoms with E-state index in [4.69, 9.17) is 5.84 Å². The highest BCUT2D eigenvalue weighted by atomic mass is 32.2. The summed E-state index contributed by atoms with van der Waals surface area (Å²) in [6.45, 7) is 2.21. The lowest BCUT2D eigenvalue weighted by Crippen LogP contribution is -2.20. The molecule has 0 unspecified atom stereocenters. The van der Waals surface area contributed by atoms with E-state index in [0.29, 0.717) is 6.54 Å². The molecule has 19 heavy (non-hydrogen) atoms. The number of hydrogen-bond donors (Lipinski definition) is 3. The molecule has 0 amide bonds. The van der Waals surface area contributed by atoms with Gasteiger partial charge >= 0.3 is 5.69 Å². The average Bonchev–Trinajstić information content (AvgIpc) is 3.15. The minimum atomic E-state index is -0.476. The molecule has 1 aliphatic rings. The number of aryl methyl sites for hydroxylation is 1. The highest BCUT2D eigenvalue weighted by Crippen LogP contribution is 2.47. The van der Waals surface area contributed by atoms with Crippen molar-refractivity contribution in [2.24, 2.45) is 5.84 Å². The van der Waals surface area contributed by atoms with Crippen molar-refractivity contribution in [3.8, 4) is 0 Å². The first kappa shape index (κ1) is 13.8. The van der Waals surface area contributed by atoms with Crippen molar-refractivity contribution in [3.05, 3.63) is 15.8 Å². The molecule has 0 aliphatic heterocycles. The first-order valence-corrected chi connectivity index (χ1v) is 7.02. The second-order valence-electron chi connectivity index (χ2n) is 4.47. The number of aromatic nitrogens is 2. The first-order chi connectivity index (χ1) is 9.01. The lowest BCUT2D eigenvalue weighted by molar-refractivity contribution is -0.385. The molecule has 0 spiro atoms. The van der Waals surface area contributed by atoms with Crippen LogP contribution in [-0.2, 0) is 0 Å². The predicted molar refractivity (Wildman–Crippen MR) is 75.2 cm³/mol. The lowest BCUT2D eigenvalue weighted by Gasteiger charge is -2.14. The number of nitrogens with two attached hydrogens (primary N) is 1. The van der Waals surface area contributed by atoms with Gasteiger partial charge in [0.2, 0.25) is 11.8 Å². The molecule has 2 rings (SSSR count). The molecule has 4 N–H and O–H groups in total. The Morgan fingerprint density at radius 2 is 2.21 bits per heavy atom. The molecule has 8 nitrogen and oxygen atoms in total. The Kier molecular flexibility index (Phi) is 3.76. The fraction of sp³-hybridized carbons (Fsp3) is 0.600. The second kappa shape index (κ2) is 5.17. The van der Waals surface area contributed by atoms with Crippen LogP contribution >= 0.6 is 11.8 Å². The number of rotatable bonds is 6. The number of nitrogen functional groups attached to an aromatic ring is 1. The van der Waals surface area contributed by atoms with Gasteiger partial charge in [0.25, 0.3) is 0 Å². The van der Waals surface area contributed by atoms with Gasteiger partial charge in [-0.15, -0.1) is 0 Å². The van der Waals surface area contributed by atoms with Crippen LogP contribution in [0.3, 0.4) is 0 Å². The van der Waals surface area contributed by atoms with Crippen molar-refractivity contribution in [3.63, 3.8) is 0 Å². The summed E-state index contributed by atoms with van der Waals surface area (Å²) >= 11 is 1.77. The van der Waals surface area contributed by atoms with E-state index in [1.807, 2.05) is 6.26 Å². The largest absolute Gasteiger partial charge is 0.363 e. The van der Waals surface area contributed by atoms with E-state index in [1.165, 1.54) is 0 Å². The van der Waals surface area contributed by atoms with Gasteiger partial charge in [-0.05, 0) is 26.0 Å². The van der Waals surface area contributed by atoms with Crippen molar-refractivity contribution in [2.45, 2.75) is 24.5 Å². The Morgan fingerprint density at radius 3 is 2.68 bits per heavy atom. The minimum Gasteiger partial charge on any atom is -0.363 e. The van der Waals surface area contributed by atoms with Crippen LogP contribution < -0.4 is 16.6 Å². The number of thioether (sulfide) groups is 1. The Hall–Kier alpha value is -1.61. The zero-order valence-electron chi connectivity index (χ0n) is 10.8. The smallest absolute Gasteiger partial charge is 0.332 e. The third-order valence-corrected chi connectivity index (χ3v) is 4.61. The van der Waals surface area contributed by atoms with Gasteiger partial charge in [0, 0.05) is 11.3 Å². The van der Waals surface area contributed by atoms with Crippen molar-refractivity contribution in [1.29, 1.82) is 0 Å². The molecular weight excluding hydrogens is 268 g/mol. The maximum Gasteiger partial charge on any atom is 0.332 e. The lowest BCUT2D eigenvalue weighted by atomic mass is 10.3. The molecule has 0 bridgehead atoms. The maximum absolute atomic E-state index is 11.1. The maximum atomic E-state index is 11.1. The van der Waals surface area contributed by atoms with Gasteiger partial charge in [-0.2, -0.15) is 16.7 Å². The summed E-state index contributed by atoms with van der Waals surface area (Å²) in [5.41, 5.74) is 2.49. The van der Waals surface area contributed by atoms with Crippen LogP contribution in [0.4, 0.5) is 17.5 Å². The van der Waals surface area contributed by atoms with E-state index >= 15 is 0 Å². The van der Waals surface area contributed by atoms with E-state index in [9.17, 15) is 10.1 Å². The van der Waals surface area contributed by atoms with Gasteiger partial charge in [0.1, 0.15) is 5.69 Å². The van der Waals surface area contributed by atoms with E-state index < -0.39 is 4.92 Å². The molecule has 1 saturated carbocycles. The summed E-state index contributed by atoms with van der Waals surface area (Å²) in [5, 5.41) is 14.1. The molecular formula is C10H16N6O2S. The van der Waals surface area contributed by atoms with Gasteiger partial charge in [0.05, 0.1) is 4.92 Å². The Labute approximate surface area is 114 Å². The van der Waals surface area contributed by atoms with Crippen LogP contribution in [0.15, 0.2) is 0 Å². The van der Waals surface area contributed by atoms with Gasteiger partial charge in [-0.25, -0.2) is 10.8 Å². The monoisotopic (exact) mass is 284 g/mol. The highest BCUT2D eigenvalue weighted by Gasteiger charge is 2.42. The van der Waals surface area contributed by atoms with E-state index in [-0.39, 0.29) is 27.9 Å². The number of hydrazine groups is 1. The predicted octanol–water partition coefficient (Wildman–Crippen LogP) is 1.29. The minimum absolute atomic E-state index is 0.101. The van der Waals surface area contributed by atoms with Crippen LogP contribution in [0.2, 0.25) is 0 Å². The number of nitro groups is 1. The molecule has 9 heteroatoms. The summed E-state index contributed by atoms with van der Waals surface area (Å²) in [6.07, 6.45) is 4.27. The summed E-state index contributed by atoms with van der Waals surface area (Å²) in [6, 6.07) is 0. The molecule has 0 atom stereocenters. The molecule has 1 aromatic heterocycles. The molecule has 1 aliphatic carbocycles. The Bertz CT molecular complexity index is 505. The first-order valence-electron chi connectivity index (χ1n) is 5.80. The number of nitrogens with one attached hydrogen (secondary N) is 2. The molecule has 1 aromatic rings. The van der Waals surface area contributed by atoms with Gasteiger partial charge in [-0.1, -0.05) is 0 Å². The normalized spacial score (nSPS) is 15.9. The second-order valence-corrected chi connectivity index (χ2v) is 5.75. The summed E-state index contributed by atoms with van der Waals surface area (Å²) in [5.74, 6) is 5.64. The quantitative estimate of drug-likeness (QED) is 0.406. The van der Waals surface area contributed by atoms with Crippen LogP contribution in [0.1, 0.15) is 18.5 Å². The Morgan fingerprint density at radius 1 is 1.53 bits per heavy atom. The van der Waals surface area contributed by atoms with E-state index in [1.54, 1.807) is 18.7 Å². The molecule has 0 saturated heterocycles. The van der Waals surface area contributed by atoms with Crippen LogP contribution in [0.25, 0.3) is 0 Å². The fourth-order valence-corrected chi connectivity index (χ4v) is 2.54. The van der Waals surface area contributed by atoms with E-state index in [2.05, 4.69) is 20.7 Å². The number of hydrogen-bond acceptors (Lipinski definition) is 8.